The van der Waals surface area contributed by atoms with E-state index in [0.717, 1.165) is 23.6 Å². The van der Waals surface area contributed by atoms with Crippen molar-refractivity contribution in [3.05, 3.63) is 33.8 Å². The van der Waals surface area contributed by atoms with Crippen molar-refractivity contribution in [1.82, 2.24) is 0 Å². The monoisotopic (exact) mass is 224 g/mol. The van der Waals surface area contributed by atoms with Crippen molar-refractivity contribution in [1.29, 1.82) is 0 Å². The topological polar surface area (TPSA) is 17.1 Å². The maximum absolute atomic E-state index is 10.7. The van der Waals surface area contributed by atoms with E-state index in [2.05, 4.69) is 15.9 Å². The molecule has 0 aliphatic heterocycles. The van der Waals surface area contributed by atoms with Crippen LogP contribution in [0.4, 0.5) is 0 Å². The summed E-state index contributed by atoms with van der Waals surface area (Å²) in [6.07, 6.45) is 3.06. The van der Waals surface area contributed by atoms with E-state index in [4.69, 9.17) is 0 Å². The van der Waals surface area contributed by atoms with Gasteiger partial charge in [-0.15, -0.1) is 0 Å². The van der Waals surface area contributed by atoms with Crippen LogP contribution in [0.2, 0.25) is 0 Å². The molecule has 0 heterocycles. The minimum atomic E-state index is 0.137. The van der Waals surface area contributed by atoms with Crippen molar-refractivity contribution in [2.24, 2.45) is 0 Å². The molecule has 0 aromatic heterocycles. The maximum Gasteiger partial charge on any atom is 0.127 e. The maximum atomic E-state index is 10.7. The molecule has 1 aliphatic rings. The molecule has 0 bridgehead atoms. The van der Waals surface area contributed by atoms with Crippen LogP contribution in [0.3, 0.4) is 0 Å². The summed E-state index contributed by atoms with van der Waals surface area (Å²) in [6, 6.07) is 6.07. The Hall–Kier alpha value is -0.630. The molecule has 1 unspecified atom stereocenters. The minimum absolute atomic E-state index is 0.137. The van der Waals surface area contributed by atoms with Gasteiger partial charge in [0.05, 0.1) is 0 Å². The summed E-state index contributed by atoms with van der Waals surface area (Å²) in [5, 5.41) is 0. The molecule has 0 saturated carbocycles. The Morgan fingerprint density at radius 2 is 2.33 bits per heavy atom. The fourth-order valence-corrected chi connectivity index (χ4v) is 2.36. The van der Waals surface area contributed by atoms with Crippen LogP contribution >= 0.6 is 15.9 Å². The molecule has 1 aromatic rings. The lowest BCUT2D eigenvalue weighted by atomic mass is 10.0. The molecule has 1 aliphatic carbocycles. The molecule has 2 heteroatoms. The first kappa shape index (κ1) is 7.99. The molecular weight excluding hydrogens is 216 g/mol. The number of halogens is 1. The Morgan fingerprint density at radius 1 is 1.50 bits per heavy atom. The second-order valence-electron chi connectivity index (χ2n) is 3.09. The van der Waals surface area contributed by atoms with Gasteiger partial charge in [0.15, 0.2) is 0 Å². The van der Waals surface area contributed by atoms with Crippen LogP contribution in [0.5, 0.6) is 0 Å². The smallest absolute Gasteiger partial charge is 0.127 e. The Labute approximate surface area is 79.9 Å². The molecule has 0 saturated heterocycles. The Morgan fingerprint density at radius 3 is 3.08 bits per heavy atom. The van der Waals surface area contributed by atoms with Crippen molar-refractivity contribution in [2.45, 2.75) is 18.8 Å². The van der Waals surface area contributed by atoms with Crippen molar-refractivity contribution < 1.29 is 4.79 Å². The highest BCUT2D eigenvalue weighted by atomic mass is 79.9. The van der Waals surface area contributed by atoms with Gasteiger partial charge in [0, 0.05) is 10.4 Å². The van der Waals surface area contributed by atoms with E-state index in [1.807, 2.05) is 18.2 Å². The van der Waals surface area contributed by atoms with Crippen LogP contribution < -0.4 is 0 Å². The molecular formula is C10H9BrO. The predicted molar refractivity (Wildman–Crippen MR) is 51.3 cm³/mol. The number of rotatable bonds is 1. The number of carbonyl (C=O) groups is 1. The van der Waals surface area contributed by atoms with Crippen LogP contribution in [0.1, 0.15) is 23.5 Å². The second-order valence-corrected chi connectivity index (χ2v) is 3.94. The number of hydrogen-bond donors (Lipinski definition) is 0. The fourth-order valence-electron chi connectivity index (χ4n) is 1.78. The zero-order chi connectivity index (χ0) is 8.55. The van der Waals surface area contributed by atoms with E-state index in [1.54, 1.807) is 0 Å². The highest BCUT2D eigenvalue weighted by Crippen LogP contribution is 2.35. The average Bonchev–Trinajstić information content (AvgIpc) is 2.49. The van der Waals surface area contributed by atoms with Crippen molar-refractivity contribution in [2.75, 3.05) is 0 Å². The van der Waals surface area contributed by atoms with Gasteiger partial charge in [-0.3, -0.25) is 0 Å². The SMILES string of the molecule is O=CC1CCc2c(Br)cccc21. The molecule has 2 rings (SSSR count). The van der Waals surface area contributed by atoms with Crippen LogP contribution in [0, 0.1) is 0 Å². The number of aldehydes is 1. The molecule has 12 heavy (non-hydrogen) atoms. The van der Waals surface area contributed by atoms with Gasteiger partial charge in [-0.25, -0.2) is 0 Å². The first-order chi connectivity index (χ1) is 5.83. The molecule has 1 atom stereocenters. The predicted octanol–water partition coefficient (Wildman–Crippen LogP) is 2.68. The Bertz CT molecular complexity index is 320. The third-order valence-corrected chi connectivity index (χ3v) is 3.17. The van der Waals surface area contributed by atoms with Gasteiger partial charge in [-0.2, -0.15) is 0 Å². The first-order valence-electron chi connectivity index (χ1n) is 4.05. The van der Waals surface area contributed by atoms with Gasteiger partial charge >= 0.3 is 0 Å². The molecule has 1 aromatic carbocycles. The average molecular weight is 225 g/mol. The summed E-state index contributed by atoms with van der Waals surface area (Å²) in [6.45, 7) is 0. The standard InChI is InChI=1S/C10H9BrO/c11-10-3-1-2-8-7(6-12)4-5-9(8)10/h1-3,6-7H,4-5H2. The van der Waals surface area contributed by atoms with Gasteiger partial charge in [-0.05, 0) is 30.0 Å². The van der Waals surface area contributed by atoms with E-state index in [-0.39, 0.29) is 5.92 Å². The lowest BCUT2D eigenvalue weighted by Crippen LogP contribution is -1.93. The van der Waals surface area contributed by atoms with E-state index < -0.39 is 0 Å². The van der Waals surface area contributed by atoms with E-state index >= 15 is 0 Å². The normalized spacial score (nSPS) is 20.6. The van der Waals surface area contributed by atoms with Gasteiger partial charge in [0.1, 0.15) is 6.29 Å². The zero-order valence-electron chi connectivity index (χ0n) is 6.59. The molecule has 0 N–H and O–H groups in total. The van der Waals surface area contributed by atoms with E-state index in [0.29, 0.717) is 0 Å². The quantitative estimate of drug-likeness (QED) is 0.671. The van der Waals surface area contributed by atoms with Crippen LogP contribution in [0.25, 0.3) is 0 Å². The summed E-state index contributed by atoms with van der Waals surface area (Å²) in [5.41, 5.74) is 2.52. The summed E-state index contributed by atoms with van der Waals surface area (Å²) < 4.78 is 1.14. The highest BCUT2D eigenvalue weighted by Gasteiger charge is 2.22. The molecule has 0 radical (unpaired) electrons. The van der Waals surface area contributed by atoms with Crippen molar-refractivity contribution in [3.63, 3.8) is 0 Å². The minimum Gasteiger partial charge on any atom is -0.303 e. The largest absolute Gasteiger partial charge is 0.303 e. The summed E-state index contributed by atoms with van der Waals surface area (Å²) in [5.74, 6) is 0.137. The summed E-state index contributed by atoms with van der Waals surface area (Å²) in [4.78, 5) is 10.7. The third kappa shape index (κ3) is 1.11. The summed E-state index contributed by atoms with van der Waals surface area (Å²) >= 11 is 3.49. The van der Waals surface area contributed by atoms with Gasteiger partial charge in [0.2, 0.25) is 0 Å². The van der Waals surface area contributed by atoms with Crippen LogP contribution in [-0.4, -0.2) is 6.29 Å². The van der Waals surface area contributed by atoms with Gasteiger partial charge in [-0.1, -0.05) is 28.1 Å². The third-order valence-electron chi connectivity index (χ3n) is 2.42. The number of hydrogen-bond acceptors (Lipinski definition) is 1. The van der Waals surface area contributed by atoms with Crippen LogP contribution in [0.15, 0.2) is 22.7 Å². The molecule has 0 fully saturated rings. The van der Waals surface area contributed by atoms with Crippen molar-refractivity contribution in [3.8, 4) is 0 Å². The molecule has 0 spiro atoms. The highest BCUT2D eigenvalue weighted by molar-refractivity contribution is 9.10. The van der Waals surface area contributed by atoms with E-state index in [1.165, 1.54) is 11.1 Å². The van der Waals surface area contributed by atoms with Gasteiger partial charge < -0.3 is 4.79 Å². The Balaban J connectivity index is 2.52. The second kappa shape index (κ2) is 3.02. The molecule has 0 amide bonds. The molecule has 1 nitrogen and oxygen atoms in total. The van der Waals surface area contributed by atoms with Crippen LogP contribution in [-0.2, 0) is 11.2 Å². The number of benzene rings is 1. The fraction of sp³-hybridized carbons (Fsp3) is 0.300. The summed E-state index contributed by atoms with van der Waals surface area (Å²) in [7, 11) is 0. The lowest BCUT2D eigenvalue weighted by molar-refractivity contribution is -0.109. The van der Waals surface area contributed by atoms with E-state index in [9.17, 15) is 4.79 Å². The first-order valence-corrected chi connectivity index (χ1v) is 4.85. The zero-order valence-corrected chi connectivity index (χ0v) is 8.17. The van der Waals surface area contributed by atoms with Crippen molar-refractivity contribution >= 4 is 22.2 Å². The number of fused-ring (bicyclic) bond motifs is 1. The van der Waals surface area contributed by atoms with Gasteiger partial charge in [0.25, 0.3) is 0 Å². The lowest BCUT2D eigenvalue weighted by Gasteiger charge is -2.03. The molecule has 62 valence electrons. The Kier molecular flexibility index (Phi) is 2.01. The number of carbonyl (C=O) groups excluding carboxylic acids is 1.